The third-order valence-electron chi connectivity index (χ3n) is 16.9. The number of hydrogen-bond donors (Lipinski definition) is 1. The predicted octanol–water partition coefficient (Wildman–Crippen LogP) is 14.3. The maximum Gasteiger partial charge on any atom is 0.310 e. The average Bonchev–Trinajstić information content (AvgIpc) is 3.11. The van der Waals surface area contributed by atoms with Gasteiger partial charge in [0.25, 0.3) is 0 Å². The lowest BCUT2D eigenvalue weighted by molar-refractivity contribution is -0.213. The summed E-state index contributed by atoms with van der Waals surface area (Å²) in [5.41, 5.74) is 1.73. The van der Waals surface area contributed by atoms with Crippen molar-refractivity contribution in [2.24, 2.45) is 56.7 Å². The van der Waals surface area contributed by atoms with Crippen LogP contribution in [-0.2, 0) is 9.53 Å². The number of carboxylic acids is 1. The number of carbonyl (C=O) groups is 1. The molecule has 3 nitrogen and oxygen atoms in total. The van der Waals surface area contributed by atoms with Crippen molar-refractivity contribution in [1.82, 2.24) is 0 Å². The molecule has 0 aromatic carbocycles. The van der Waals surface area contributed by atoms with Crippen LogP contribution in [0.2, 0.25) is 0 Å². The van der Waals surface area contributed by atoms with E-state index in [0.717, 1.165) is 77.2 Å². The summed E-state index contributed by atoms with van der Waals surface area (Å²) in [4.78, 5) is 13.0. The fourth-order valence-corrected chi connectivity index (χ4v) is 13.3. The molecule has 5 aliphatic rings. The number of rotatable bonds is 17. The molecule has 5 aliphatic carbocycles. The van der Waals surface area contributed by atoms with E-state index in [0.29, 0.717) is 29.8 Å². The Morgan fingerprint density at radius 2 is 1.38 bits per heavy atom. The van der Waals surface area contributed by atoms with Gasteiger partial charge in [0.15, 0.2) is 0 Å². The molecule has 4 saturated carbocycles. The van der Waals surface area contributed by atoms with Crippen molar-refractivity contribution in [2.75, 3.05) is 6.61 Å². The van der Waals surface area contributed by atoms with Crippen molar-refractivity contribution >= 4 is 5.97 Å². The zero-order valence-corrected chi connectivity index (χ0v) is 35.6. The van der Waals surface area contributed by atoms with Crippen LogP contribution >= 0.6 is 0 Å². The van der Waals surface area contributed by atoms with Crippen molar-refractivity contribution in [3.63, 3.8) is 0 Å². The average molecular weight is 729 g/mol. The minimum atomic E-state index is -0.561. The van der Waals surface area contributed by atoms with Gasteiger partial charge in [0.2, 0.25) is 0 Å². The Morgan fingerprint density at radius 3 is 2.00 bits per heavy atom. The minimum Gasteiger partial charge on any atom is -0.481 e. The summed E-state index contributed by atoms with van der Waals surface area (Å²) in [6.07, 6.45) is 43.0. The van der Waals surface area contributed by atoms with Crippen LogP contribution in [0.5, 0.6) is 0 Å². The number of allylic oxidation sites excluding steroid dienone is 10. The van der Waals surface area contributed by atoms with E-state index >= 15 is 0 Å². The van der Waals surface area contributed by atoms with Gasteiger partial charge >= 0.3 is 5.97 Å². The highest BCUT2D eigenvalue weighted by Crippen LogP contribution is 2.75. The lowest BCUT2D eigenvalue weighted by Crippen LogP contribution is -2.65. The van der Waals surface area contributed by atoms with E-state index in [1.165, 1.54) is 51.4 Å². The molecular weight excluding hydrogens is 649 g/mol. The molecule has 0 saturated heterocycles. The zero-order valence-electron chi connectivity index (χ0n) is 35.6. The molecule has 1 unspecified atom stereocenters. The van der Waals surface area contributed by atoms with Gasteiger partial charge in [-0.3, -0.25) is 4.79 Å². The van der Waals surface area contributed by atoms with Crippen LogP contribution < -0.4 is 0 Å². The SMILES string of the molecule is CCCCC/C=C\C/C=C\C/C=C\C/C=C\CCCCO[C@H]1CC[C@@]2(C)C(CC[C@]3(C)[C@@H]2CC=C2[C@@H]4[C@@H](C)[C@H](C)CC[C@]4(C(=O)O)CC[C@]23C)C1(C)C. The second kappa shape index (κ2) is 17.9. The van der Waals surface area contributed by atoms with Crippen LogP contribution in [0.4, 0.5) is 0 Å². The standard InChI is InChI=1S/C50H80O3/c1-9-10-11-12-13-14-15-16-17-18-19-20-21-22-23-24-25-26-37-53-43-31-32-47(6)41(46(43,4)5)30-33-49(8)42(47)28-27-40-44-39(3)38(2)29-34-50(44,45(51)52)36-35-48(40,49)7/h13-14,16-17,19-20,22-23,27,38-39,41-44H,9-12,15,18,21,24-26,28-37H2,1-8H3,(H,51,52)/b14-13-,17-16-,20-19-,23-22-/t38-,39+,41?,42-,43+,44+,47+,48-,49-,50+/m1/s1. The molecule has 0 spiro atoms. The molecule has 0 amide bonds. The molecule has 0 heterocycles. The summed E-state index contributed by atoms with van der Waals surface area (Å²) in [5, 5.41) is 10.7. The molecule has 3 heteroatoms. The zero-order chi connectivity index (χ0) is 38.3. The summed E-state index contributed by atoms with van der Waals surface area (Å²) >= 11 is 0. The molecule has 298 valence electrons. The number of unbranched alkanes of at least 4 members (excludes halogenated alkanes) is 5. The quantitative estimate of drug-likeness (QED) is 0.120. The van der Waals surface area contributed by atoms with Crippen LogP contribution in [0.1, 0.15) is 177 Å². The van der Waals surface area contributed by atoms with Gasteiger partial charge in [0, 0.05) is 6.61 Å². The fraction of sp³-hybridized carbons (Fsp3) is 0.780. The number of carboxylic acid groups (broad SMARTS) is 1. The number of hydrogen-bond acceptors (Lipinski definition) is 2. The van der Waals surface area contributed by atoms with E-state index in [1.807, 2.05) is 0 Å². The van der Waals surface area contributed by atoms with Crippen molar-refractivity contribution in [2.45, 2.75) is 183 Å². The summed E-state index contributed by atoms with van der Waals surface area (Å²) in [6, 6.07) is 0. The molecule has 1 N–H and O–H groups in total. The normalized spacial score (nSPS) is 39.6. The van der Waals surface area contributed by atoms with Crippen LogP contribution in [0.25, 0.3) is 0 Å². The van der Waals surface area contributed by atoms with E-state index in [2.05, 4.69) is 110 Å². The Hall–Kier alpha value is -1.87. The lowest BCUT2D eigenvalue weighted by atomic mass is 9.33. The van der Waals surface area contributed by atoms with Crippen molar-refractivity contribution in [3.05, 3.63) is 60.3 Å². The first kappa shape index (κ1) is 42.3. The summed E-state index contributed by atoms with van der Waals surface area (Å²) in [7, 11) is 0. The molecule has 4 fully saturated rings. The predicted molar refractivity (Wildman–Crippen MR) is 225 cm³/mol. The molecule has 0 aliphatic heterocycles. The highest BCUT2D eigenvalue weighted by atomic mass is 16.5. The van der Waals surface area contributed by atoms with Crippen LogP contribution in [-0.4, -0.2) is 23.8 Å². The summed E-state index contributed by atoms with van der Waals surface area (Å²) < 4.78 is 6.79. The van der Waals surface area contributed by atoms with Crippen molar-refractivity contribution in [1.29, 1.82) is 0 Å². The van der Waals surface area contributed by atoms with E-state index in [9.17, 15) is 9.90 Å². The van der Waals surface area contributed by atoms with Gasteiger partial charge in [0.05, 0.1) is 11.5 Å². The Bertz CT molecular complexity index is 1360. The first-order valence-electron chi connectivity index (χ1n) is 22.4. The third kappa shape index (κ3) is 8.32. The van der Waals surface area contributed by atoms with Gasteiger partial charge in [-0.15, -0.1) is 0 Å². The molecule has 10 atom stereocenters. The maximum atomic E-state index is 13.0. The monoisotopic (exact) mass is 729 g/mol. The molecule has 53 heavy (non-hydrogen) atoms. The molecule has 0 radical (unpaired) electrons. The van der Waals surface area contributed by atoms with Gasteiger partial charge in [-0.2, -0.15) is 0 Å². The number of ether oxygens (including phenoxy) is 1. The maximum absolute atomic E-state index is 13.0. The van der Waals surface area contributed by atoms with Crippen LogP contribution in [0, 0.1) is 56.7 Å². The van der Waals surface area contributed by atoms with E-state index in [-0.39, 0.29) is 27.6 Å². The van der Waals surface area contributed by atoms with Crippen molar-refractivity contribution in [3.8, 4) is 0 Å². The van der Waals surface area contributed by atoms with Gasteiger partial charge in [-0.25, -0.2) is 0 Å². The molecule has 0 aromatic rings. The van der Waals surface area contributed by atoms with Crippen LogP contribution in [0.15, 0.2) is 60.3 Å². The third-order valence-corrected chi connectivity index (χ3v) is 16.9. The molecular formula is C50H80O3. The highest BCUT2D eigenvalue weighted by Gasteiger charge is 2.69. The van der Waals surface area contributed by atoms with Gasteiger partial charge in [-0.05, 0) is 160 Å². The van der Waals surface area contributed by atoms with Crippen LogP contribution in [0.3, 0.4) is 0 Å². The Balaban J connectivity index is 1.09. The van der Waals surface area contributed by atoms with Crippen molar-refractivity contribution < 1.29 is 14.6 Å². The second-order valence-electron chi connectivity index (χ2n) is 19.9. The number of aliphatic carboxylic acids is 1. The largest absolute Gasteiger partial charge is 0.481 e. The Labute approximate surface area is 326 Å². The van der Waals surface area contributed by atoms with Gasteiger partial charge in [-0.1, -0.05) is 128 Å². The van der Waals surface area contributed by atoms with E-state index in [4.69, 9.17) is 4.74 Å². The van der Waals surface area contributed by atoms with E-state index in [1.54, 1.807) is 5.57 Å². The minimum absolute atomic E-state index is 0.0864. The fourth-order valence-electron chi connectivity index (χ4n) is 13.3. The number of fused-ring (bicyclic) bond motifs is 7. The lowest BCUT2D eigenvalue weighted by Gasteiger charge is -2.71. The molecule has 0 bridgehead atoms. The summed E-state index contributed by atoms with van der Waals surface area (Å²) in [6.45, 7) is 20.8. The van der Waals surface area contributed by atoms with E-state index < -0.39 is 11.4 Å². The topological polar surface area (TPSA) is 46.5 Å². The van der Waals surface area contributed by atoms with Gasteiger partial charge < -0.3 is 9.84 Å². The summed E-state index contributed by atoms with van der Waals surface area (Å²) in [5.74, 6) is 1.98. The first-order chi connectivity index (χ1) is 25.3. The molecule has 5 rings (SSSR count). The highest BCUT2D eigenvalue weighted by molar-refractivity contribution is 5.76. The molecule has 0 aromatic heterocycles. The Morgan fingerprint density at radius 1 is 0.755 bits per heavy atom. The first-order valence-corrected chi connectivity index (χ1v) is 22.4. The smallest absolute Gasteiger partial charge is 0.310 e. The Kier molecular flexibility index (Phi) is 14.3. The van der Waals surface area contributed by atoms with Gasteiger partial charge in [0.1, 0.15) is 0 Å². The second-order valence-corrected chi connectivity index (χ2v) is 19.9.